The zero-order valence-corrected chi connectivity index (χ0v) is 14.9. The van der Waals surface area contributed by atoms with Crippen LogP contribution in [0.15, 0.2) is 5.38 Å². The Balaban J connectivity index is 1.74. The normalized spacial score (nSPS) is 21.8. The highest BCUT2D eigenvalue weighted by Crippen LogP contribution is 2.30. The van der Waals surface area contributed by atoms with Crippen LogP contribution in [0.3, 0.4) is 0 Å². The van der Waals surface area contributed by atoms with Crippen molar-refractivity contribution in [2.75, 3.05) is 18.0 Å². The Bertz CT molecular complexity index is 466. The molecule has 0 spiro atoms. The van der Waals surface area contributed by atoms with Gasteiger partial charge in [0.15, 0.2) is 5.13 Å². The first-order valence-electron chi connectivity index (χ1n) is 8.57. The van der Waals surface area contributed by atoms with E-state index in [0.717, 1.165) is 35.8 Å². The molecule has 1 amide bonds. The van der Waals surface area contributed by atoms with Gasteiger partial charge in [-0.05, 0) is 38.1 Å². The Hall–Kier alpha value is -0.940. The molecule has 1 aromatic rings. The van der Waals surface area contributed by atoms with Crippen LogP contribution in [0.25, 0.3) is 0 Å². The highest BCUT2D eigenvalue weighted by Gasteiger charge is 2.19. The molecule has 1 aromatic heterocycles. The van der Waals surface area contributed by atoms with Crippen LogP contribution >= 0.6 is 11.3 Å². The summed E-state index contributed by atoms with van der Waals surface area (Å²) in [5.41, 5.74) is 1.04. The van der Waals surface area contributed by atoms with E-state index in [9.17, 15) is 4.79 Å². The molecule has 0 saturated heterocycles. The largest absolute Gasteiger partial charge is 0.311 e. The van der Waals surface area contributed by atoms with Crippen molar-refractivity contribution < 1.29 is 4.79 Å². The predicted molar refractivity (Wildman–Crippen MR) is 93.3 cm³/mol. The van der Waals surface area contributed by atoms with Gasteiger partial charge in [-0.1, -0.05) is 26.2 Å². The molecule has 0 radical (unpaired) electrons. The first kappa shape index (κ1) is 17.4. The Morgan fingerprint density at radius 2 is 2.00 bits per heavy atom. The summed E-state index contributed by atoms with van der Waals surface area (Å²) < 4.78 is 0. The number of carbonyl (C=O) groups excluding carboxylic acids is 1. The fourth-order valence-corrected chi connectivity index (χ4v) is 4.17. The van der Waals surface area contributed by atoms with Crippen molar-refractivity contribution in [3.05, 3.63) is 11.1 Å². The second kappa shape index (κ2) is 8.63. The van der Waals surface area contributed by atoms with Crippen LogP contribution in [0.2, 0.25) is 0 Å². The van der Waals surface area contributed by atoms with E-state index in [1.807, 2.05) is 6.92 Å². The maximum atomic E-state index is 11.5. The predicted octanol–water partition coefficient (Wildman–Crippen LogP) is 3.82. The van der Waals surface area contributed by atoms with E-state index in [1.54, 1.807) is 23.2 Å². The lowest BCUT2D eigenvalue weighted by Crippen LogP contribution is -2.28. The van der Waals surface area contributed by atoms with E-state index in [1.165, 1.54) is 32.1 Å². The summed E-state index contributed by atoms with van der Waals surface area (Å²) in [5, 5.41) is 6.42. The van der Waals surface area contributed by atoms with E-state index in [4.69, 9.17) is 0 Å². The van der Waals surface area contributed by atoms with Crippen LogP contribution < -0.4 is 10.2 Å². The number of rotatable bonds is 7. The zero-order chi connectivity index (χ0) is 15.9. The van der Waals surface area contributed by atoms with E-state index < -0.39 is 0 Å². The molecule has 1 aliphatic carbocycles. The molecule has 0 aromatic carbocycles. The second-order valence-corrected chi connectivity index (χ2v) is 7.15. The summed E-state index contributed by atoms with van der Waals surface area (Å²) in [4.78, 5) is 17.8. The number of hydrogen-bond acceptors (Lipinski definition) is 4. The van der Waals surface area contributed by atoms with Gasteiger partial charge in [0.25, 0.3) is 0 Å². The smallest absolute Gasteiger partial charge is 0.225 e. The first-order chi connectivity index (χ1) is 10.6. The minimum atomic E-state index is 0.0593. The third kappa shape index (κ3) is 4.78. The fraction of sp³-hybridized carbons (Fsp3) is 0.765. The number of nitrogens with one attached hydrogen (secondary N) is 1. The van der Waals surface area contributed by atoms with Crippen LogP contribution in [0.1, 0.15) is 58.6 Å². The van der Waals surface area contributed by atoms with Gasteiger partial charge in [0.2, 0.25) is 5.91 Å². The van der Waals surface area contributed by atoms with Gasteiger partial charge in [-0.2, -0.15) is 0 Å². The molecule has 1 aliphatic rings. The molecule has 0 unspecified atom stereocenters. The first-order valence-corrected chi connectivity index (χ1v) is 9.45. The van der Waals surface area contributed by atoms with E-state index in [0.29, 0.717) is 6.54 Å². The molecule has 1 fully saturated rings. The molecular weight excluding hydrogens is 294 g/mol. The summed E-state index contributed by atoms with van der Waals surface area (Å²) in [6.45, 7) is 8.45. The lowest BCUT2D eigenvalue weighted by atomic mass is 9.81. The standard InChI is InChI=1S/C17H29N3OS/c1-4-14-6-8-15(9-7-14)10-18-11-16-12-22-17(19-16)20(5-2)13(3)21/h12,14-15,18H,4-11H2,1-3H3. The van der Waals surface area contributed by atoms with Gasteiger partial charge < -0.3 is 5.32 Å². The molecule has 0 atom stereocenters. The van der Waals surface area contributed by atoms with Crippen molar-refractivity contribution in [3.63, 3.8) is 0 Å². The van der Waals surface area contributed by atoms with Gasteiger partial charge in [0.1, 0.15) is 0 Å². The van der Waals surface area contributed by atoms with Gasteiger partial charge in [-0.15, -0.1) is 11.3 Å². The van der Waals surface area contributed by atoms with Crippen molar-refractivity contribution in [2.45, 2.75) is 59.4 Å². The van der Waals surface area contributed by atoms with E-state index >= 15 is 0 Å². The van der Waals surface area contributed by atoms with Crippen LogP contribution in [-0.4, -0.2) is 24.0 Å². The summed E-state index contributed by atoms with van der Waals surface area (Å²) >= 11 is 1.55. The van der Waals surface area contributed by atoms with Crippen molar-refractivity contribution in [1.82, 2.24) is 10.3 Å². The Morgan fingerprint density at radius 1 is 1.32 bits per heavy atom. The number of anilines is 1. The lowest BCUT2D eigenvalue weighted by Gasteiger charge is -2.27. The molecule has 5 heteroatoms. The van der Waals surface area contributed by atoms with Crippen molar-refractivity contribution in [2.24, 2.45) is 11.8 Å². The Labute approximate surface area is 138 Å². The second-order valence-electron chi connectivity index (χ2n) is 6.31. The zero-order valence-electron chi connectivity index (χ0n) is 14.1. The molecule has 0 bridgehead atoms. The number of nitrogens with zero attached hydrogens (tertiary/aromatic N) is 2. The quantitative estimate of drug-likeness (QED) is 0.829. The average molecular weight is 324 g/mol. The van der Waals surface area contributed by atoms with Crippen molar-refractivity contribution in [3.8, 4) is 0 Å². The molecule has 22 heavy (non-hydrogen) atoms. The minimum absolute atomic E-state index is 0.0593. The van der Waals surface area contributed by atoms with E-state index in [-0.39, 0.29) is 5.91 Å². The summed E-state index contributed by atoms with van der Waals surface area (Å²) in [6, 6.07) is 0. The highest BCUT2D eigenvalue weighted by atomic mass is 32.1. The molecule has 124 valence electrons. The van der Waals surface area contributed by atoms with Gasteiger partial charge in [0, 0.05) is 25.4 Å². The number of thiazole rings is 1. The van der Waals surface area contributed by atoms with Gasteiger partial charge in [-0.3, -0.25) is 9.69 Å². The SMILES string of the molecule is CCC1CCC(CNCc2csc(N(CC)C(C)=O)n2)CC1. The van der Waals surface area contributed by atoms with Crippen LogP contribution in [0.4, 0.5) is 5.13 Å². The topological polar surface area (TPSA) is 45.2 Å². The molecule has 0 aliphatic heterocycles. The van der Waals surface area contributed by atoms with Gasteiger partial charge >= 0.3 is 0 Å². The highest BCUT2D eigenvalue weighted by molar-refractivity contribution is 7.14. The van der Waals surface area contributed by atoms with Crippen LogP contribution in [-0.2, 0) is 11.3 Å². The third-order valence-electron chi connectivity index (χ3n) is 4.75. The number of carbonyl (C=O) groups is 1. The average Bonchev–Trinajstić information content (AvgIpc) is 2.97. The molecule has 1 saturated carbocycles. The molecule has 1 heterocycles. The Kier molecular flexibility index (Phi) is 6.83. The fourth-order valence-electron chi connectivity index (χ4n) is 3.24. The summed E-state index contributed by atoms with van der Waals surface area (Å²) in [5.74, 6) is 1.85. The monoisotopic (exact) mass is 323 g/mol. The van der Waals surface area contributed by atoms with Crippen LogP contribution in [0, 0.1) is 11.8 Å². The number of aromatic nitrogens is 1. The lowest BCUT2D eigenvalue weighted by molar-refractivity contribution is -0.116. The van der Waals surface area contributed by atoms with Gasteiger partial charge in [-0.25, -0.2) is 4.98 Å². The van der Waals surface area contributed by atoms with Crippen molar-refractivity contribution in [1.29, 1.82) is 0 Å². The maximum Gasteiger partial charge on any atom is 0.225 e. The van der Waals surface area contributed by atoms with Crippen LogP contribution in [0.5, 0.6) is 0 Å². The van der Waals surface area contributed by atoms with E-state index in [2.05, 4.69) is 22.6 Å². The molecule has 4 nitrogen and oxygen atoms in total. The molecule has 2 rings (SSSR count). The Morgan fingerprint density at radius 3 is 2.59 bits per heavy atom. The number of hydrogen-bond donors (Lipinski definition) is 1. The van der Waals surface area contributed by atoms with Gasteiger partial charge in [0.05, 0.1) is 5.69 Å². The molecular formula is C17H29N3OS. The number of amides is 1. The maximum absolute atomic E-state index is 11.5. The third-order valence-corrected chi connectivity index (χ3v) is 5.66. The molecule has 1 N–H and O–H groups in total. The van der Waals surface area contributed by atoms with Crippen molar-refractivity contribution >= 4 is 22.4 Å². The minimum Gasteiger partial charge on any atom is -0.311 e. The summed E-state index contributed by atoms with van der Waals surface area (Å²) in [7, 11) is 0. The summed E-state index contributed by atoms with van der Waals surface area (Å²) in [6.07, 6.45) is 6.86.